The van der Waals surface area contributed by atoms with E-state index in [1.165, 1.54) is 17.5 Å². The molecule has 2 atom stereocenters. The number of piperidine rings is 1. The molecule has 0 spiro atoms. The van der Waals surface area contributed by atoms with Crippen LogP contribution < -0.4 is 10.1 Å². The summed E-state index contributed by atoms with van der Waals surface area (Å²) >= 11 is 0. The minimum atomic E-state index is -3.79. The van der Waals surface area contributed by atoms with Gasteiger partial charge in [0.05, 0.1) is 7.11 Å². The van der Waals surface area contributed by atoms with E-state index in [0.717, 1.165) is 17.5 Å². The summed E-state index contributed by atoms with van der Waals surface area (Å²) < 4.78 is 33.6. The Morgan fingerprint density at radius 3 is 2.37 bits per heavy atom. The number of sulfonamides is 1. The molecule has 6 nitrogen and oxygen atoms in total. The van der Waals surface area contributed by atoms with Crippen molar-refractivity contribution in [3.05, 3.63) is 53.1 Å². The predicted molar refractivity (Wildman–Crippen MR) is 119 cm³/mol. The summed E-state index contributed by atoms with van der Waals surface area (Å²) in [6.45, 7) is 8.92. The number of aryl methyl sites for hydroxylation is 2. The van der Waals surface area contributed by atoms with Crippen molar-refractivity contribution in [2.75, 3.05) is 25.5 Å². The summed E-state index contributed by atoms with van der Waals surface area (Å²) in [6, 6.07) is 10.3. The van der Waals surface area contributed by atoms with Gasteiger partial charge in [-0.05, 0) is 67.5 Å². The Balaban J connectivity index is 1.95. The van der Waals surface area contributed by atoms with Gasteiger partial charge in [0.1, 0.15) is 10.6 Å². The maximum absolute atomic E-state index is 13.4. The summed E-state index contributed by atoms with van der Waals surface area (Å²) in [7, 11) is -2.35. The van der Waals surface area contributed by atoms with Gasteiger partial charge in [0.25, 0.3) is 5.91 Å². The van der Waals surface area contributed by atoms with Gasteiger partial charge < -0.3 is 10.1 Å². The van der Waals surface area contributed by atoms with E-state index in [2.05, 4.69) is 19.2 Å². The van der Waals surface area contributed by atoms with Crippen LogP contribution >= 0.6 is 0 Å². The summed E-state index contributed by atoms with van der Waals surface area (Å²) in [5, 5.41) is 2.89. The number of nitrogens with one attached hydrogen (secondary N) is 1. The number of ether oxygens (including phenoxy) is 1. The van der Waals surface area contributed by atoms with Crippen molar-refractivity contribution < 1.29 is 17.9 Å². The van der Waals surface area contributed by atoms with Crippen LogP contribution in [0.25, 0.3) is 0 Å². The van der Waals surface area contributed by atoms with Gasteiger partial charge >= 0.3 is 0 Å². The number of nitrogens with zero attached hydrogens (tertiary/aromatic N) is 1. The Hall–Kier alpha value is -2.38. The van der Waals surface area contributed by atoms with Crippen molar-refractivity contribution in [3.63, 3.8) is 0 Å². The fraction of sp³-hybridized carbons (Fsp3) is 0.435. The molecule has 0 radical (unpaired) electrons. The Morgan fingerprint density at radius 1 is 1.07 bits per heavy atom. The predicted octanol–water partition coefficient (Wildman–Crippen LogP) is 4.23. The highest BCUT2D eigenvalue weighted by atomic mass is 32.2. The van der Waals surface area contributed by atoms with Gasteiger partial charge in [0.2, 0.25) is 10.0 Å². The lowest BCUT2D eigenvalue weighted by Gasteiger charge is -2.34. The Morgan fingerprint density at radius 2 is 1.73 bits per heavy atom. The zero-order valence-corrected chi connectivity index (χ0v) is 19.0. The van der Waals surface area contributed by atoms with Gasteiger partial charge in [0.15, 0.2) is 0 Å². The van der Waals surface area contributed by atoms with Gasteiger partial charge in [-0.3, -0.25) is 4.79 Å². The molecule has 1 heterocycles. The van der Waals surface area contributed by atoms with Crippen LogP contribution in [0.3, 0.4) is 0 Å². The van der Waals surface area contributed by atoms with Crippen LogP contribution in [0, 0.1) is 25.7 Å². The Labute approximate surface area is 179 Å². The molecule has 2 aromatic rings. The second-order valence-corrected chi connectivity index (χ2v) is 10.3. The largest absolute Gasteiger partial charge is 0.495 e. The third-order valence-electron chi connectivity index (χ3n) is 5.52. The monoisotopic (exact) mass is 430 g/mol. The zero-order chi connectivity index (χ0) is 22.1. The minimum absolute atomic E-state index is 0.0277. The van der Waals surface area contributed by atoms with Crippen molar-refractivity contribution in [3.8, 4) is 5.75 Å². The number of rotatable bonds is 5. The van der Waals surface area contributed by atoms with Crippen LogP contribution in [0.1, 0.15) is 41.8 Å². The van der Waals surface area contributed by atoms with Gasteiger partial charge in [0, 0.05) is 24.3 Å². The number of carbonyl (C=O) groups is 1. The first-order chi connectivity index (χ1) is 14.1. The lowest BCUT2D eigenvalue weighted by molar-refractivity contribution is 0.102. The lowest BCUT2D eigenvalue weighted by atomic mass is 9.94. The van der Waals surface area contributed by atoms with E-state index < -0.39 is 10.0 Å². The highest BCUT2D eigenvalue weighted by Crippen LogP contribution is 2.32. The van der Waals surface area contributed by atoms with E-state index in [4.69, 9.17) is 4.74 Å². The normalized spacial score (nSPS) is 20.0. The van der Waals surface area contributed by atoms with Gasteiger partial charge in [-0.15, -0.1) is 0 Å². The van der Waals surface area contributed by atoms with Crippen LogP contribution in [0.5, 0.6) is 5.75 Å². The zero-order valence-electron chi connectivity index (χ0n) is 18.2. The third-order valence-corrected chi connectivity index (χ3v) is 7.37. The first kappa shape index (κ1) is 22.3. The highest BCUT2D eigenvalue weighted by Gasteiger charge is 2.34. The topological polar surface area (TPSA) is 75.7 Å². The second kappa shape index (κ2) is 8.78. The quantitative estimate of drug-likeness (QED) is 0.770. The van der Waals surface area contributed by atoms with Crippen LogP contribution in [0.15, 0.2) is 41.3 Å². The summed E-state index contributed by atoms with van der Waals surface area (Å²) in [5.74, 6) is 0.447. The maximum atomic E-state index is 13.4. The summed E-state index contributed by atoms with van der Waals surface area (Å²) in [5.41, 5.74) is 2.95. The average Bonchev–Trinajstić information content (AvgIpc) is 2.69. The maximum Gasteiger partial charge on any atom is 0.255 e. The van der Waals surface area contributed by atoms with Crippen LogP contribution in [0.4, 0.5) is 5.69 Å². The molecule has 2 aromatic carbocycles. The fourth-order valence-corrected chi connectivity index (χ4v) is 5.89. The smallest absolute Gasteiger partial charge is 0.255 e. The number of carbonyl (C=O) groups excluding carboxylic acids is 1. The standard InChI is InChI=1S/C23H30N2O4S/c1-15-6-7-18(4)20(11-15)24-23(26)19-8-9-21(29-5)22(12-19)30(27,28)25-13-16(2)10-17(3)14-25/h6-9,11-12,16-17H,10,13-14H2,1-5H3,(H,24,26). The molecule has 0 bridgehead atoms. The van der Waals surface area contributed by atoms with E-state index in [9.17, 15) is 13.2 Å². The number of hydrogen-bond donors (Lipinski definition) is 1. The molecule has 1 fully saturated rings. The first-order valence-electron chi connectivity index (χ1n) is 10.2. The fourth-order valence-electron chi connectivity index (χ4n) is 4.03. The van der Waals surface area contributed by atoms with Crippen molar-refractivity contribution in [1.29, 1.82) is 0 Å². The number of methoxy groups -OCH3 is 1. The lowest BCUT2D eigenvalue weighted by Crippen LogP contribution is -2.42. The van der Waals surface area contributed by atoms with Crippen molar-refractivity contribution in [2.24, 2.45) is 11.8 Å². The van der Waals surface area contributed by atoms with Gasteiger partial charge in [-0.1, -0.05) is 26.0 Å². The molecule has 3 rings (SSSR count). The van der Waals surface area contributed by atoms with Gasteiger partial charge in [-0.25, -0.2) is 8.42 Å². The molecule has 7 heteroatoms. The van der Waals surface area contributed by atoms with Gasteiger partial charge in [-0.2, -0.15) is 4.31 Å². The SMILES string of the molecule is COc1ccc(C(=O)Nc2cc(C)ccc2C)cc1S(=O)(=O)N1CC(C)CC(C)C1. The second-order valence-electron chi connectivity index (χ2n) is 8.41. The molecule has 0 aromatic heterocycles. The number of hydrogen-bond acceptors (Lipinski definition) is 4. The molecule has 30 heavy (non-hydrogen) atoms. The molecule has 1 aliphatic rings. The Kier molecular flexibility index (Phi) is 6.53. The van der Waals surface area contributed by atoms with Crippen LogP contribution in [-0.4, -0.2) is 38.8 Å². The van der Waals surface area contributed by atoms with Crippen molar-refractivity contribution in [2.45, 2.75) is 39.0 Å². The molecule has 0 saturated carbocycles. The molecular formula is C23H30N2O4S. The molecule has 1 amide bonds. The summed E-state index contributed by atoms with van der Waals surface area (Å²) in [4.78, 5) is 12.9. The van der Waals surface area contributed by atoms with E-state index in [1.807, 2.05) is 32.0 Å². The van der Waals surface area contributed by atoms with E-state index in [-0.39, 0.29) is 34.0 Å². The number of anilines is 1. The molecular weight excluding hydrogens is 400 g/mol. The minimum Gasteiger partial charge on any atom is -0.495 e. The molecule has 0 aliphatic carbocycles. The van der Waals surface area contributed by atoms with Crippen LogP contribution in [-0.2, 0) is 10.0 Å². The molecule has 1 saturated heterocycles. The van der Waals surface area contributed by atoms with E-state index in [1.54, 1.807) is 12.1 Å². The average molecular weight is 431 g/mol. The van der Waals surface area contributed by atoms with E-state index >= 15 is 0 Å². The highest BCUT2D eigenvalue weighted by molar-refractivity contribution is 7.89. The molecule has 1 N–H and O–H groups in total. The van der Waals surface area contributed by atoms with Crippen LogP contribution in [0.2, 0.25) is 0 Å². The summed E-state index contributed by atoms with van der Waals surface area (Å²) in [6.07, 6.45) is 1.00. The molecule has 1 aliphatic heterocycles. The number of amides is 1. The number of benzene rings is 2. The van der Waals surface area contributed by atoms with Crippen molar-refractivity contribution >= 4 is 21.6 Å². The first-order valence-corrected chi connectivity index (χ1v) is 11.6. The molecule has 162 valence electrons. The van der Waals surface area contributed by atoms with E-state index in [0.29, 0.717) is 18.8 Å². The molecule has 2 unspecified atom stereocenters. The van der Waals surface area contributed by atoms with Crippen molar-refractivity contribution in [1.82, 2.24) is 4.31 Å². The Bertz CT molecular complexity index is 1040. The third kappa shape index (κ3) is 4.68.